The molecule has 0 bridgehead atoms. The van der Waals surface area contributed by atoms with Crippen LogP contribution in [0.4, 0.5) is 19.0 Å². The van der Waals surface area contributed by atoms with E-state index in [9.17, 15) is 13.2 Å². The standard InChI is InChI=1S/C7H6F3N3/c8-7(9,10)6-12-4-2-1-3-11-5(4)13-6/h1-2,11H,3H2,(H,12,13). The number of fused-ring (bicyclic) bond motifs is 1. The summed E-state index contributed by atoms with van der Waals surface area (Å²) in [6.45, 7) is 0.509. The number of aromatic nitrogens is 2. The smallest absolute Gasteiger partial charge is 0.365 e. The van der Waals surface area contributed by atoms with Gasteiger partial charge in [0.2, 0.25) is 5.82 Å². The Bertz CT molecular complexity index is 350. The fourth-order valence-corrected chi connectivity index (χ4v) is 1.11. The van der Waals surface area contributed by atoms with Crippen LogP contribution in [0, 0.1) is 0 Å². The van der Waals surface area contributed by atoms with E-state index in [-0.39, 0.29) is 5.82 Å². The van der Waals surface area contributed by atoms with Gasteiger partial charge in [-0.15, -0.1) is 0 Å². The number of imidazole rings is 1. The Hall–Kier alpha value is -1.46. The van der Waals surface area contributed by atoms with E-state index in [1.165, 1.54) is 0 Å². The van der Waals surface area contributed by atoms with Crippen LogP contribution in [0.25, 0.3) is 6.08 Å². The van der Waals surface area contributed by atoms with Crippen molar-refractivity contribution in [1.82, 2.24) is 9.97 Å². The molecule has 0 unspecified atom stereocenters. The minimum absolute atomic E-state index is 0.259. The Morgan fingerprint density at radius 1 is 1.38 bits per heavy atom. The predicted octanol–water partition coefficient (Wildman–Crippen LogP) is 1.87. The number of hydrogen-bond donors (Lipinski definition) is 2. The second kappa shape index (κ2) is 2.51. The van der Waals surface area contributed by atoms with Crippen molar-refractivity contribution in [1.29, 1.82) is 0 Å². The zero-order valence-corrected chi connectivity index (χ0v) is 6.44. The fraction of sp³-hybridized carbons (Fsp3) is 0.286. The second-order valence-electron chi connectivity index (χ2n) is 2.63. The molecular formula is C7H6F3N3. The van der Waals surface area contributed by atoms with Gasteiger partial charge in [-0.05, 0) is 6.08 Å². The highest BCUT2D eigenvalue weighted by molar-refractivity contribution is 5.63. The van der Waals surface area contributed by atoms with Crippen molar-refractivity contribution in [3.05, 3.63) is 17.6 Å². The summed E-state index contributed by atoms with van der Waals surface area (Å²) < 4.78 is 36.4. The highest BCUT2D eigenvalue weighted by atomic mass is 19.4. The van der Waals surface area contributed by atoms with Crippen molar-refractivity contribution < 1.29 is 13.2 Å². The molecule has 2 rings (SSSR count). The van der Waals surface area contributed by atoms with Gasteiger partial charge >= 0.3 is 6.18 Å². The van der Waals surface area contributed by atoms with Crippen LogP contribution >= 0.6 is 0 Å². The van der Waals surface area contributed by atoms with Crippen molar-refractivity contribution in [3.63, 3.8) is 0 Å². The minimum Gasteiger partial charge on any atom is -0.365 e. The van der Waals surface area contributed by atoms with E-state index in [0.717, 1.165) is 0 Å². The summed E-state index contributed by atoms with van der Waals surface area (Å²) in [4.78, 5) is 5.57. The Morgan fingerprint density at radius 3 is 2.77 bits per heavy atom. The van der Waals surface area contributed by atoms with Gasteiger partial charge in [-0.25, -0.2) is 4.98 Å². The molecule has 1 aliphatic heterocycles. The number of aromatic amines is 1. The third-order valence-electron chi connectivity index (χ3n) is 1.67. The van der Waals surface area contributed by atoms with E-state index in [2.05, 4.69) is 15.3 Å². The Labute approximate surface area is 71.7 Å². The molecule has 2 N–H and O–H groups in total. The SMILES string of the molecule is FC(F)(F)c1nc2c([nH]1)C=CCN2. The molecule has 0 saturated carbocycles. The number of halogens is 3. The van der Waals surface area contributed by atoms with Crippen LogP contribution in [-0.4, -0.2) is 16.5 Å². The van der Waals surface area contributed by atoms with Crippen LogP contribution in [0.1, 0.15) is 11.5 Å². The highest BCUT2D eigenvalue weighted by Crippen LogP contribution is 2.30. The summed E-state index contributed by atoms with van der Waals surface area (Å²) in [5, 5.41) is 2.73. The van der Waals surface area contributed by atoms with Gasteiger partial charge in [-0.1, -0.05) is 6.08 Å². The van der Waals surface area contributed by atoms with E-state index < -0.39 is 12.0 Å². The second-order valence-corrected chi connectivity index (χ2v) is 2.63. The zero-order valence-electron chi connectivity index (χ0n) is 6.44. The molecule has 1 aromatic rings. The number of nitrogens with one attached hydrogen (secondary N) is 2. The van der Waals surface area contributed by atoms with E-state index in [1.54, 1.807) is 12.2 Å². The molecule has 13 heavy (non-hydrogen) atoms. The van der Waals surface area contributed by atoms with Crippen LogP contribution in [0.15, 0.2) is 6.08 Å². The summed E-state index contributed by atoms with van der Waals surface area (Å²) in [6, 6.07) is 0. The summed E-state index contributed by atoms with van der Waals surface area (Å²) in [6.07, 6.45) is -1.11. The molecule has 0 atom stereocenters. The lowest BCUT2D eigenvalue weighted by molar-refractivity contribution is -0.144. The van der Waals surface area contributed by atoms with Gasteiger partial charge in [0.15, 0.2) is 5.82 Å². The zero-order chi connectivity index (χ0) is 9.47. The first-order valence-electron chi connectivity index (χ1n) is 3.65. The summed E-state index contributed by atoms with van der Waals surface area (Å²) >= 11 is 0. The van der Waals surface area contributed by atoms with Crippen molar-refractivity contribution >= 4 is 11.9 Å². The molecule has 0 saturated heterocycles. The third-order valence-corrected chi connectivity index (χ3v) is 1.67. The molecule has 0 radical (unpaired) electrons. The average molecular weight is 189 g/mol. The summed E-state index contributed by atoms with van der Waals surface area (Å²) in [7, 11) is 0. The van der Waals surface area contributed by atoms with E-state index in [4.69, 9.17) is 0 Å². The predicted molar refractivity (Wildman–Crippen MR) is 41.1 cm³/mol. The fourth-order valence-electron chi connectivity index (χ4n) is 1.11. The molecule has 1 aliphatic rings. The molecule has 2 heterocycles. The van der Waals surface area contributed by atoms with Crippen LogP contribution in [0.2, 0.25) is 0 Å². The first-order valence-corrected chi connectivity index (χ1v) is 3.65. The maximum absolute atomic E-state index is 12.1. The topological polar surface area (TPSA) is 40.7 Å². The summed E-state index contributed by atoms with van der Waals surface area (Å²) in [5.41, 5.74) is 0.374. The Kier molecular flexibility index (Phi) is 1.58. The normalized spacial score (nSPS) is 15.3. The van der Waals surface area contributed by atoms with Gasteiger partial charge in [0.05, 0.1) is 5.69 Å². The van der Waals surface area contributed by atoms with Gasteiger partial charge in [0.25, 0.3) is 0 Å². The largest absolute Gasteiger partial charge is 0.449 e. The average Bonchev–Trinajstić information content (AvgIpc) is 2.45. The van der Waals surface area contributed by atoms with Crippen molar-refractivity contribution in [2.24, 2.45) is 0 Å². The van der Waals surface area contributed by atoms with Crippen molar-refractivity contribution in [2.75, 3.05) is 11.9 Å². The van der Waals surface area contributed by atoms with Gasteiger partial charge in [-0.2, -0.15) is 13.2 Å². The number of hydrogen-bond acceptors (Lipinski definition) is 2. The maximum Gasteiger partial charge on any atom is 0.449 e. The van der Waals surface area contributed by atoms with Gasteiger partial charge in [0.1, 0.15) is 0 Å². The van der Waals surface area contributed by atoms with Crippen molar-refractivity contribution in [3.8, 4) is 0 Å². The molecule has 0 fully saturated rings. The molecule has 0 amide bonds. The Morgan fingerprint density at radius 2 is 2.15 bits per heavy atom. The quantitative estimate of drug-likeness (QED) is 0.654. The molecule has 0 spiro atoms. The number of anilines is 1. The van der Waals surface area contributed by atoms with Gasteiger partial charge in [-0.3, -0.25) is 0 Å². The molecule has 1 aromatic heterocycles. The Balaban J connectivity index is 2.42. The number of rotatable bonds is 0. The monoisotopic (exact) mass is 189 g/mol. The van der Waals surface area contributed by atoms with Gasteiger partial charge < -0.3 is 10.3 Å². The molecule has 3 nitrogen and oxygen atoms in total. The number of H-pyrrole nitrogens is 1. The first kappa shape index (κ1) is 8.15. The lowest BCUT2D eigenvalue weighted by Gasteiger charge is -2.04. The maximum atomic E-state index is 12.1. The van der Waals surface area contributed by atoms with Crippen LogP contribution in [0.3, 0.4) is 0 Å². The third kappa shape index (κ3) is 1.39. The van der Waals surface area contributed by atoms with E-state index in [1.807, 2.05) is 0 Å². The highest BCUT2D eigenvalue weighted by Gasteiger charge is 2.35. The van der Waals surface area contributed by atoms with Crippen LogP contribution in [0.5, 0.6) is 0 Å². The van der Waals surface area contributed by atoms with E-state index in [0.29, 0.717) is 12.2 Å². The molecule has 0 aromatic carbocycles. The first-order chi connectivity index (χ1) is 6.07. The molecular weight excluding hydrogens is 183 g/mol. The van der Waals surface area contributed by atoms with E-state index >= 15 is 0 Å². The number of alkyl halides is 3. The lowest BCUT2D eigenvalue weighted by atomic mass is 10.3. The minimum atomic E-state index is -4.41. The number of nitrogens with zero attached hydrogens (tertiary/aromatic N) is 1. The molecule has 70 valence electrons. The lowest BCUT2D eigenvalue weighted by Crippen LogP contribution is -2.07. The van der Waals surface area contributed by atoms with Crippen molar-refractivity contribution in [2.45, 2.75) is 6.18 Å². The van der Waals surface area contributed by atoms with Crippen LogP contribution < -0.4 is 5.32 Å². The summed E-state index contributed by atoms with van der Waals surface area (Å²) in [5.74, 6) is -0.702. The van der Waals surface area contributed by atoms with Crippen LogP contribution in [-0.2, 0) is 6.18 Å². The molecule has 0 aliphatic carbocycles. The van der Waals surface area contributed by atoms with Gasteiger partial charge in [0, 0.05) is 6.54 Å². The molecule has 6 heteroatoms.